The lowest BCUT2D eigenvalue weighted by Crippen LogP contribution is -2.46. The Bertz CT molecular complexity index is 599. The van der Waals surface area contributed by atoms with Gasteiger partial charge < -0.3 is 20.2 Å². The van der Waals surface area contributed by atoms with E-state index in [0.717, 1.165) is 49.6 Å². The van der Waals surface area contributed by atoms with Gasteiger partial charge in [0, 0.05) is 32.8 Å². The number of amides is 2. The molecule has 0 aromatic carbocycles. The van der Waals surface area contributed by atoms with Gasteiger partial charge in [0.2, 0.25) is 0 Å². The molecule has 6 heteroatoms. The van der Waals surface area contributed by atoms with E-state index >= 15 is 0 Å². The molecule has 25 heavy (non-hydrogen) atoms. The van der Waals surface area contributed by atoms with Crippen molar-refractivity contribution in [2.75, 3.05) is 43.0 Å². The third kappa shape index (κ3) is 3.89. The quantitative estimate of drug-likeness (QED) is 0.879. The van der Waals surface area contributed by atoms with Gasteiger partial charge in [0.05, 0.1) is 11.4 Å². The molecule has 2 N–H and O–H groups in total. The molecule has 0 atom stereocenters. The van der Waals surface area contributed by atoms with E-state index in [1.165, 1.54) is 12.8 Å². The van der Waals surface area contributed by atoms with Gasteiger partial charge in [-0.25, -0.2) is 9.78 Å². The first kappa shape index (κ1) is 18.0. The minimum Gasteiger partial charge on any atom is -0.396 e. The second-order valence-electron chi connectivity index (χ2n) is 7.43. The van der Waals surface area contributed by atoms with E-state index in [9.17, 15) is 9.90 Å². The predicted octanol–water partition coefficient (Wildman–Crippen LogP) is 3.01. The number of carbonyl (C=O) groups is 1. The Hall–Kier alpha value is -1.82. The lowest BCUT2D eigenvalue weighted by molar-refractivity contribution is 0.0542. The summed E-state index contributed by atoms with van der Waals surface area (Å²) in [6.45, 7) is 7.78. The van der Waals surface area contributed by atoms with Crippen molar-refractivity contribution in [3.63, 3.8) is 0 Å². The highest BCUT2D eigenvalue weighted by molar-refractivity contribution is 5.90. The number of aryl methyl sites for hydroxylation is 1. The van der Waals surface area contributed by atoms with Crippen LogP contribution in [0.15, 0.2) is 12.1 Å². The average molecular weight is 346 g/mol. The summed E-state index contributed by atoms with van der Waals surface area (Å²) >= 11 is 0. The molecule has 2 aliphatic rings. The van der Waals surface area contributed by atoms with Crippen LogP contribution in [0, 0.1) is 12.3 Å². The second kappa shape index (κ2) is 7.60. The number of nitrogens with zero attached hydrogens (tertiary/aromatic N) is 3. The number of aliphatic hydroxyl groups is 1. The zero-order valence-electron chi connectivity index (χ0n) is 15.4. The molecule has 0 bridgehead atoms. The molecular weight excluding hydrogens is 316 g/mol. The molecule has 2 fully saturated rings. The number of pyridine rings is 1. The first-order valence-corrected chi connectivity index (χ1v) is 9.46. The Morgan fingerprint density at radius 2 is 1.92 bits per heavy atom. The fourth-order valence-corrected chi connectivity index (χ4v) is 3.80. The van der Waals surface area contributed by atoms with E-state index in [1.807, 2.05) is 24.0 Å². The Labute approximate surface area is 150 Å². The molecule has 2 aliphatic heterocycles. The first-order chi connectivity index (χ1) is 12.1. The van der Waals surface area contributed by atoms with Crippen LogP contribution in [0.5, 0.6) is 0 Å². The molecule has 0 radical (unpaired) electrons. The van der Waals surface area contributed by atoms with Crippen LogP contribution in [0.2, 0.25) is 0 Å². The molecule has 0 unspecified atom stereocenters. The monoisotopic (exact) mass is 346 g/mol. The lowest BCUT2D eigenvalue weighted by atomic mass is 9.77. The normalized spacial score (nSPS) is 20.0. The highest BCUT2D eigenvalue weighted by Gasteiger charge is 2.34. The van der Waals surface area contributed by atoms with Crippen molar-refractivity contribution in [1.82, 2.24) is 9.88 Å². The summed E-state index contributed by atoms with van der Waals surface area (Å²) in [4.78, 5) is 21.4. The third-order valence-electron chi connectivity index (χ3n) is 5.94. The largest absolute Gasteiger partial charge is 0.396 e. The Morgan fingerprint density at radius 1 is 1.24 bits per heavy atom. The third-order valence-corrected chi connectivity index (χ3v) is 5.94. The van der Waals surface area contributed by atoms with Crippen molar-refractivity contribution in [1.29, 1.82) is 0 Å². The number of piperidine rings is 1. The summed E-state index contributed by atoms with van der Waals surface area (Å²) in [5.74, 6) is 1.00. The topological polar surface area (TPSA) is 68.7 Å². The molecule has 3 heterocycles. The van der Waals surface area contributed by atoms with Crippen LogP contribution < -0.4 is 10.2 Å². The molecule has 3 rings (SSSR count). The minimum atomic E-state index is -0.0681. The molecular formula is C19H30N4O2. The number of aromatic nitrogens is 1. The molecule has 2 amide bonds. The van der Waals surface area contributed by atoms with Crippen LogP contribution >= 0.6 is 0 Å². The number of urea groups is 1. The van der Waals surface area contributed by atoms with Gasteiger partial charge in [-0.15, -0.1) is 0 Å². The van der Waals surface area contributed by atoms with Crippen molar-refractivity contribution in [3.8, 4) is 0 Å². The number of hydrogen-bond donors (Lipinski definition) is 2. The van der Waals surface area contributed by atoms with E-state index in [2.05, 4.69) is 22.1 Å². The SMILES string of the molecule is CCC1(CO)CCN(C(=O)Nc2ccc(N3CCCC3)nc2C)CC1. The standard InChI is InChI=1S/C19H30N4O2/c1-3-19(14-24)8-12-23(13-9-19)18(25)21-16-6-7-17(20-15(16)2)22-10-4-5-11-22/h6-7,24H,3-5,8-14H2,1-2H3,(H,21,25). The summed E-state index contributed by atoms with van der Waals surface area (Å²) in [6, 6.07) is 3.89. The van der Waals surface area contributed by atoms with Crippen molar-refractivity contribution in [2.24, 2.45) is 5.41 Å². The number of nitrogens with one attached hydrogen (secondary N) is 1. The van der Waals surface area contributed by atoms with Crippen LogP contribution in [-0.4, -0.2) is 53.8 Å². The fourth-order valence-electron chi connectivity index (χ4n) is 3.80. The molecule has 1 aromatic rings. The summed E-state index contributed by atoms with van der Waals surface area (Å²) in [5.41, 5.74) is 1.63. The maximum Gasteiger partial charge on any atom is 0.321 e. The summed E-state index contributed by atoms with van der Waals surface area (Å²) in [7, 11) is 0. The summed E-state index contributed by atoms with van der Waals surface area (Å²) in [6.07, 6.45) is 5.12. The Balaban J connectivity index is 1.60. The van der Waals surface area contributed by atoms with E-state index in [0.29, 0.717) is 13.1 Å². The van der Waals surface area contributed by atoms with Gasteiger partial charge in [0.1, 0.15) is 5.82 Å². The van der Waals surface area contributed by atoms with Gasteiger partial charge in [-0.1, -0.05) is 6.92 Å². The van der Waals surface area contributed by atoms with Crippen LogP contribution in [-0.2, 0) is 0 Å². The lowest BCUT2D eigenvalue weighted by Gasteiger charge is -2.40. The molecule has 138 valence electrons. The highest BCUT2D eigenvalue weighted by atomic mass is 16.3. The summed E-state index contributed by atoms with van der Waals surface area (Å²) in [5, 5.41) is 12.6. The number of carbonyl (C=O) groups excluding carboxylic acids is 1. The van der Waals surface area contributed by atoms with Gasteiger partial charge in [-0.05, 0) is 56.6 Å². The van der Waals surface area contributed by atoms with E-state index in [1.54, 1.807) is 0 Å². The van der Waals surface area contributed by atoms with Crippen molar-refractivity contribution in [2.45, 2.75) is 46.0 Å². The van der Waals surface area contributed by atoms with Crippen molar-refractivity contribution >= 4 is 17.5 Å². The molecule has 1 aromatic heterocycles. The minimum absolute atomic E-state index is 0.00830. The zero-order valence-corrected chi connectivity index (χ0v) is 15.4. The van der Waals surface area contributed by atoms with Gasteiger partial charge in [0.15, 0.2) is 0 Å². The average Bonchev–Trinajstić information content (AvgIpc) is 3.18. The number of hydrogen-bond acceptors (Lipinski definition) is 4. The van der Waals surface area contributed by atoms with E-state index < -0.39 is 0 Å². The van der Waals surface area contributed by atoms with Crippen LogP contribution in [0.3, 0.4) is 0 Å². The maximum atomic E-state index is 12.6. The number of likely N-dealkylation sites (tertiary alicyclic amines) is 1. The fraction of sp³-hybridized carbons (Fsp3) is 0.684. The van der Waals surface area contributed by atoms with Crippen LogP contribution in [0.1, 0.15) is 44.7 Å². The van der Waals surface area contributed by atoms with Crippen molar-refractivity contribution < 1.29 is 9.90 Å². The molecule has 0 spiro atoms. The molecule has 0 aliphatic carbocycles. The van der Waals surface area contributed by atoms with Crippen molar-refractivity contribution in [3.05, 3.63) is 17.8 Å². The Morgan fingerprint density at radius 3 is 2.48 bits per heavy atom. The van der Waals surface area contributed by atoms with E-state index in [4.69, 9.17) is 0 Å². The van der Waals surface area contributed by atoms with Gasteiger partial charge in [0.25, 0.3) is 0 Å². The number of rotatable bonds is 4. The summed E-state index contributed by atoms with van der Waals surface area (Å²) < 4.78 is 0. The smallest absolute Gasteiger partial charge is 0.321 e. The van der Waals surface area contributed by atoms with Crippen LogP contribution in [0.4, 0.5) is 16.3 Å². The molecule has 2 saturated heterocycles. The van der Waals surface area contributed by atoms with E-state index in [-0.39, 0.29) is 18.1 Å². The van der Waals surface area contributed by atoms with Gasteiger partial charge in [-0.3, -0.25) is 0 Å². The van der Waals surface area contributed by atoms with Gasteiger partial charge >= 0.3 is 6.03 Å². The predicted molar refractivity (Wildman–Crippen MR) is 100 cm³/mol. The second-order valence-corrected chi connectivity index (χ2v) is 7.43. The van der Waals surface area contributed by atoms with Gasteiger partial charge in [-0.2, -0.15) is 0 Å². The maximum absolute atomic E-state index is 12.6. The Kier molecular flexibility index (Phi) is 5.47. The zero-order chi connectivity index (χ0) is 17.9. The van der Waals surface area contributed by atoms with Crippen LogP contribution in [0.25, 0.3) is 0 Å². The molecule has 6 nitrogen and oxygen atoms in total. The number of aliphatic hydroxyl groups excluding tert-OH is 1. The highest BCUT2D eigenvalue weighted by Crippen LogP contribution is 2.34. The molecule has 0 saturated carbocycles. The number of anilines is 2. The first-order valence-electron chi connectivity index (χ1n) is 9.46.